The third kappa shape index (κ3) is 7.52. The number of rotatable bonds is 8. The van der Waals surface area contributed by atoms with Crippen LogP contribution in [0.3, 0.4) is 0 Å². The lowest BCUT2D eigenvalue weighted by Crippen LogP contribution is -2.38. The topological polar surface area (TPSA) is 84.1 Å². The van der Waals surface area contributed by atoms with Gasteiger partial charge in [0.15, 0.2) is 0 Å². The van der Waals surface area contributed by atoms with E-state index >= 15 is 0 Å². The fraction of sp³-hybridized carbons (Fsp3) is 0.577. The summed E-state index contributed by atoms with van der Waals surface area (Å²) in [5, 5.41) is 3.77. The molecule has 0 atom stereocenters. The van der Waals surface area contributed by atoms with E-state index in [1.807, 2.05) is 0 Å². The molecule has 3 heterocycles. The number of hydrogen-bond donors (Lipinski definition) is 2. The molecule has 36 heavy (non-hydrogen) atoms. The molecule has 1 amide bonds. The zero-order valence-electron chi connectivity index (χ0n) is 20.6. The highest BCUT2D eigenvalue weighted by Gasteiger charge is 2.29. The highest BCUT2D eigenvalue weighted by molar-refractivity contribution is 7.11. The molecule has 4 rings (SSSR count). The van der Waals surface area contributed by atoms with E-state index in [1.165, 1.54) is 11.3 Å². The van der Waals surface area contributed by atoms with Crippen molar-refractivity contribution in [2.24, 2.45) is 11.7 Å². The largest absolute Gasteiger partial charge is 0.402 e. The van der Waals surface area contributed by atoms with Crippen LogP contribution in [0.2, 0.25) is 0 Å². The van der Waals surface area contributed by atoms with Crippen molar-refractivity contribution < 1.29 is 18.0 Å². The standard InChI is InChI=1S/C26H34F3N5OS/c1-17(30)15-21-20(3-2-12-31-21)25(35)32-19-6-4-18(5-7-19)9-13-34-14-10-23-22(16-34)33-24(36-23)8-11-26(27,28)29/h2-3,12,15,18-19H,4-11,13-14,16,30H2,1H3,(H,32,35). The number of aromatic nitrogens is 2. The van der Waals surface area contributed by atoms with Gasteiger partial charge in [-0.25, -0.2) is 4.98 Å². The first-order chi connectivity index (χ1) is 17.2. The Morgan fingerprint density at radius 2 is 2.08 bits per heavy atom. The first kappa shape index (κ1) is 26.6. The summed E-state index contributed by atoms with van der Waals surface area (Å²) in [4.78, 5) is 25.1. The van der Waals surface area contributed by atoms with E-state index in [-0.39, 0.29) is 18.4 Å². The molecule has 0 saturated heterocycles. The Morgan fingerprint density at radius 3 is 2.81 bits per heavy atom. The molecule has 3 N–H and O–H groups in total. The maximum atomic E-state index is 12.8. The molecule has 2 aromatic rings. The number of halogens is 3. The molecule has 0 unspecified atom stereocenters. The van der Waals surface area contributed by atoms with Crippen LogP contribution in [0.1, 0.15) is 77.1 Å². The molecule has 196 valence electrons. The first-order valence-corrected chi connectivity index (χ1v) is 13.4. The molecule has 1 aliphatic heterocycles. The number of carbonyl (C=O) groups excluding carboxylic acids is 1. The van der Waals surface area contributed by atoms with E-state index < -0.39 is 12.6 Å². The molecule has 0 aromatic carbocycles. The normalized spacial score (nSPS) is 21.3. The molecular formula is C26H34F3N5OS. The summed E-state index contributed by atoms with van der Waals surface area (Å²) in [5.74, 6) is 0.509. The molecule has 2 aliphatic rings. The maximum Gasteiger partial charge on any atom is 0.389 e. The number of nitrogens with zero attached hydrogens (tertiary/aromatic N) is 3. The molecular weight excluding hydrogens is 487 g/mol. The summed E-state index contributed by atoms with van der Waals surface area (Å²) >= 11 is 1.45. The quantitative estimate of drug-likeness (QED) is 0.506. The lowest BCUT2D eigenvalue weighted by Gasteiger charge is -2.32. The Balaban J connectivity index is 1.20. The van der Waals surface area contributed by atoms with Gasteiger partial charge in [-0.1, -0.05) is 0 Å². The molecule has 6 nitrogen and oxygen atoms in total. The number of aryl methyl sites for hydroxylation is 1. The van der Waals surface area contributed by atoms with Gasteiger partial charge >= 0.3 is 6.18 Å². The van der Waals surface area contributed by atoms with Gasteiger partial charge < -0.3 is 11.1 Å². The van der Waals surface area contributed by atoms with E-state index in [4.69, 9.17) is 5.73 Å². The van der Waals surface area contributed by atoms with Crippen molar-refractivity contribution in [3.05, 3.63) is 50.9 Å². The fourth-order valence-corrected chi connectivity index (χ4v) is 6.08. The molecule has 0 spiro atoms. The van der Waals surface area contributed by atoms with Gasteiger partial charge in [-0.15, -0.1) is 11.3 Å². The van der Waals surface area contributed by atoms with E-state index in [1.54, 1.807) is 31.3 Å². The highest BCUT2D eigenvalue weighted by Crippen LogP contribution is 2.31. The molecule has 10 heteroatoms. The summed E-state index contributed by atoms with van der Waals surface area (Å²) in [6.45, 7) is 4.41. The monoisotopic (exact) mass is 521 g/mol. The number of nitrogens with one attached hydrogen (secondary N) is 1. The number of fused-ring (bicyclic) bond motifs is 1. The number of pyridine rings is 1. The second-order valence-corrected chi connectivity index (χ2v) is 11.1. The average molecular weight is 522 g/mol. The van der Waals surface area contributed by atoms with Gasteiger partial charge in [-0.3, -0.25) is 14.7 Å². The summed E-state index contributed by atoms with van der Waals surface area (Å²) in [5.41, 5.74) is 8.46. The van der Waals surface area contributed by atoms with Gasteiger partial charge in [-0.2, -0.15) is 13.2 Å². The number of thiazole rings is 1. The van der Waals surface area contributed by atoms with Gasteiger partial charge in [0.05, 0.1) is 22.0 Å². The second kappa shape index (κ2) is 11.7. The number of alkyl halides is 3. The SMILES string of the molecule is CC(N)=Cc1ncccc1C(=O)NC1CCC(CCN2CCc3sc(CCC(F)(F)F)nc3C2)CC1. The van der Waals surface area contributed by atoms with Gasteiger partial charge in [0.2, 0.25) is 0 Å². The van der Waals surface area contributed by atoms with Crippen LogP contribution >= 0.6 is 11.3 Å². The van der Waals surface area contributed by atoms with Crippen LogP contribution in [0.25, 0.3) is 6.08 Å². The van der Waals surface area contributed by atoms with Crippen LogP contribution in [0.4, 0.5) is 13.2 Å². The van der Waals surface area contributed by atoms with Crippen LogP contribution < -0.4 is 11.1 Å². The Bertz CT molecular complexity index is 1070. The summed E-state index contributed by atoms with van der Waals surface area (Å²) in [6.07, 6.45) is 4.42. The zero-order chi connectivity index (χ0) is 25.7. The second-order valence-electron chi connectivity index (χ2n) is 9.92. The third-order valence-corrected chi connectivity index (χ3v) is 8.17. The van der Waals surface area contributed by atoms with Crippen LogP contribution in [0.5, 0.6) is 0 Å². The van der Waals surface area contributed by atoms with E-state index in [2.05, 4.69) is 20.2 Å². The Hall–Kier alpha value is -2.46. The molecule has 1 saturated carbocycles. The zero-order valence-corrected chi connectivity index (χ0v) is 21.4. The van der Waals surface area contributed by atoms with Crippen molar-refractivity contribution >= 4 is 23.3 Å². The molecule has 0 radical (unpaired) electrons. The minimum Gasteiger partial charge on any atom is -0.402 e. The summed E-state index contributed by atoms with van der Waals surface area (Å²) < 4.78 is 37.6. The van der Waals surface area contributed by atoms with Crippen molar-refractivity contribution in [1.29, 1.82) is 0 Å². The first-order valence-electron chi connectivity index (χ1n) is 12.6. The van der Waals surface area contributed by atoms with Crippen molar-refractivity contribution in [1.82, 2.24) is 20.2 Å². The Morgan fingerprint density at radius 1 is 1.31 bits per heavy atom. The molecule has 2 aromatic heterocycles. The fourth-order valence-electron chi connectivity index (χ4n) is 5.02. The van der Waals surface area contributed by atoms with Crippen molar-refractivity contribution in [2.45, 2.75) is 77.1 Å². The number of amides is 1. The highest BCUT2D eigenvalue weighted by atomic mass is 32.1. The molecule has 0 bridgehead atoms. The molecule has 1 aliphatic carbocycles. The van der Waals surface area contributed by atoms with Crippen molar-refractivity contribution in [3.8, 4) is 0 Å². The number of nitrogens with two attached hydrogens (primary N) is 1. The average Bonchev–Trinajstić information content (AvgIpc) is 3.24. The van der Waals surface area contributed by atoms with Gasteiger partial charge in [-0.05, 0) is 76.1 Å². The van der Waals surface area contributed by atoms with Crippen LogP contribution in [-0.4, -0.2) is 46.1 Å². The van der Waals surface area contributed by atoms with E-state index in [9.17, 15) is 18.0 Å². The minimum absolute atomic E-state index is 0.0214. The number of hydrogen-bond acceptors (Lipinski definition) is 6. The maximum absolute atomic E-state index is 12.8. The smallest absolute Gasteiger partial charge is 0.389 e. The van der Waals surface area contributed by atoms with Crippen LogP contribution in [0, 0.1) is 5.92 Å². The third-order valence-electron chi connectivity index (χ3n) is 6.96. The van der Waals surface area contributed by atoms with Gasteiger partial charge in [0, 0.05) is 48.7 Å². The predicted octanol–water partition coefficient (Wildman–Crippen LogP) is 5.09. The minimum atomic E-state index is -4.14. The predicted molar refractivity (Wildman–Crippen MR) is 135 cm³/mol. The summed E-state index contributed by atoms with van der Waals surface area (Å²) in [6, 6.07) is 3.69. The molecule has 1 fully saturated rings. The lowest BCUT2D eigenvalue weighted by molar-refractivity contribution is -0.134. The summed E-state index contributed by atoms with van der Waals surface area (Å²) in [7, 11) is 0. The Kier molecular flexibility index (Phi) is 8.66. The number of allylic oxidation sites excluding steroid dienone is 1. The van der Waals surface area contributed by atoms with E-state index in [0.29, 0.717) is 27.9 Å². The van der Waals surface area contributed by atoms with Gasteiger partial charge in [0.1, 0.15) is 0 Å². The number of carbonyl (C=O) groups is 1. The van der Waals surface area contributed by atoms with Crippen LogP contribution in [0.15, 0.2) is 24.0 Å². The van der Waals surface area contributed by atoms with Crippen LogP contribution in [-0.2, 0) is 19.4 Å². The van der Waals surface area contributed by atoms with E-state index in [0.717, 1.165) is 68.7 Å². The van der Waals surface area contributed by atoms with Crippen molar-refractivity contribution in [2.75, 3.05) is 13.1 Å². The lowest BCUT2D eigenvalue weighted by atomic mass is 9.84. The van der Waals surface area contributed by atoms with Crippen molar-refractivity contribution in [3.63, 3.8) is 0 Å². The Labute approximate surface area is 214 Å². The van der Waals surface area contributed by atoms with Gasteiger partial charge in [0.25, 0.3) is 5.91 Å².